The van der Waals surface area contributed by atoms with Crippen LogP contribution in [0.2, 0.25) is 0 Å². The van der Waals surface area contributed by atoms with Gasteiger partial charge in [-0.25, -0.2) is 4.85 Å². The van der Waals surface area contributed by atoms with Crippen LogP contribution in [0, 0.1) is 45.6 Å². The normalized spacial score (nSPS) is 11.2. The SMILES string of the molecule is [C-]#[N+]c1ccc(C)c(N(c2cc(-c3ccccc3)ccc2C)c2ccc3ccc4c(N(c5cc(C#N)ccc5C)c5cc(-c6ccccc6)ccc5C)ccc5ccc2c3c54)c1. The number of hydrogen-bond acceptors (Lipinski definition) is 3. The van der Waals surface area contributed by atoms with E-state index in [1.54, 1.807) is 0 Å². The van der Waals surface area contributed by atoms with Crippen LogP contribution in [0.5, 0.6) is 0 Å². The van der Waals surface area contributed by atoms with Crippen LogP contribution >= 0.6 is 0 Å². The summed E-state index contributed by atoms with van der Waals surface area (Å²) in [6.45, 7) is 16.6. The van der Waals surface area contributed by atoms with Crippen LogP contribution in [-0.2, 0) is 0 Å². The van der Waals surface area contributed by atoms with E-state index in [0.29, 0.717) is 11.3 Å². The van der Waals surface area contributed by atoms with E-state index >= 15 is 0 Å². The molecule has 0 unspecified atom stereocenters. The number of nitriles is 1. The van der Waals surface area contributed by atoms with Crippen LogP contribution in [0.1, 0.15) is 27.8 Å². The predicted octanol–water partition coefficient (Wildman–Crippen LogP) is 16.5. The summed E-state index contributed by atoms with van der Waals surface area (Å²) >= 11 is 0. The van der Waals surface area contributed by atoms with Gasteiger partial charge in [0.05, 0.1) is 35.3 Å². The molecule has 0 aromatic heterocycles. The smallest absolute Gasteiger partial charge is 0.189 e. The molecule has 0 saturated heterocycles. The molecule has 0 fully saturated rings. The number of anilines is 6. The third kappa shape index (κ3) is 6.47. The predicted molar refractivity (Wildman–Crippen MR) is 260 cm³/mol. The standard InChI is InChI=1S/C58H42N4/c1-37-16-20-41(36-59)32-53(37)61(54-33-46(21-17-38(54)2)42-12-8-6-9-13-42)51-30-25-44-24-29-50-52(31-26-45-23-28-49(51)57(44)58(45)50)62(56-35-48(60-5)27-19-40(56)4)55-34-47(22-18-39(55)3)43-14-10-7-11-15-43/h6-35H,1-4H3. The fourth-order valence-corrected chi connectivity index (χ4v) is 9.09. The average molecular weight is 795 g/mol. The molecule has 4 heteroatoms. The Bertz CT molecular complexity index is 3200. The summed E-state index contributed by atoms with van der Waals surface area (Å²) in [4.78, 5) is 8.60. The van der Waals surface area contributed by atoms with Crippen molar-refractivity contribution in [3.05, 3.63) is 221 Å². The molecule has 10 aromatic rings. The van der Waals surface area contributed by atoms with Crippen molar-refractivity contribution in [3.8, 4) is 28.3 Å². The summed E-state index contributed by atoms with van der Waals surface area (Å²) in [5.41, 5.74) is 16.3. The Labute approximate surface area is 363 Å². The van der Waals surface area contributed by atoms with E-state index in [1.807, 2.05) is 42.5 Å². The molecule has 0 aliphatic rings. The van der Waals surface area contributed by atoms with Gasteiger partial charge in [0.25, 0.3) is 0 Å². The second-order valence-electron chi connectivity index (χ2n) is 16.2. The fourth-order valence-electron chi connectivity index (χ4n) is 9.09. The average Bonchev–Trinajstić information content (AvgIpc) is 3.31. The van der Waals surface area contributed by atoms with Gasteiger partial charge in [-0.3, -0.25) is 0 Å². The first-order valence-electron chi connectivity index (χ1n) is 20.9. The molecule has 0 atom stereocenters. The minimum absolute atomic E-state index is 0.595. The van der Waals surface area contributed by atoms with Crippen molar-refractivity contribution in [2.24, 2.45) is 0 Å². The molecular formula is C58H42N4. The second kappa shape index (κ2) is 15.4. The molecule has 0 N–H and O–H groups in total. The molecule has 10 aromatic carbocycles. The first kappa shape index (κ1) is 38.0. The fraction of sp³-hybridized carbons (Fsp3) is 0.0690. The number of aryl methyl sites for hydroxylation is 4. The quantitative estimate of drug-likeness (QED) is 0.113. The van der Waals surface area contributed by atoms with Gasteiger partial charge in [0.15, 0.2) is 5.69 Å². The van der Waals surface area contributed by atoms with Crippen LogP contribution in [0.4, 0.5) is 39.8 Å². The Morgan fingerprint density at radius 2 is 0.823 bits per heavy atom. The molecule has 0 heterocycles. The van der Waals surface area contributed by atoms with E-state index in [-0.39, 0.29) is 0 Å². The monoisotopic (exact) mass is 794 g/mol. The first-order valence-corrected chi connectivity index (χ1v) is 20.9. The van der Waals surface area contributed by atoms with Crippen LogP contribution < -0.4 is 9.80 Å². The lowest BCUT2D eigenvalue weighted by Crippen LogP contribution is -2.14. The van der Waals surface area contributed by atoms with E-state index in [0.717, 1.165) is 100 Å². The molecule has 0 saturated carbocycles. The van der Waals surface area contributed by atoms with Gasteiger partial charge in [0.1, 0.15) is 0 Å². The second-order valence-corrected chi connectivity index (χ2v) is 16.2. The highest BCUT2D eigenvalue weighted by Crippen LogP contribution is 2.50. The van der Waals surface area contributed by atoms with Gasteiger partial charge in [-0.15, -0.1) is 0 Å². The van der Waals surface area contributed by atoms with Gasteiger partial charge < -0.3 is 9.80 Å². The van der Waals surface area contributed by atoms with Gasteiger partial charge in [-0.1, -0.05) is 140 Å². The summed E-state index contributed by atoms with van der Waals surface area (Å²) in [5, 5.41) is 17.1. The molecule has 4 nitrogen and oxygen atoms in total. The molecule has 0 aliphatic heterocycles. The zero-order chi connectivity index (χ0) is 42.5. The maximum absolute atomic E-state index is 10.2. The van der Waals surface area contributed by atoms with Crippen molar-refractivity contribution in [2.45, 2.75) is 27.7 Å². The van der Waals surface area contributed by atoms with Crippen molar-refractivity contribution in [2.75, 3.05) is 9.80 Å². The zero-order valence-corrected chi connectivity index (χ0v) is 35.1. The molecule has 0 radical (unpaired) electrons. The lowest BCUT2D eigenvalue weighted by Gasteiger charge is -2.32. The minimum Gasteiger partial charge on any atom is -0.311 e. The molecule has 0 bridgehead atoms. The maximum Gasteiger partial charge on any atom is 0.189 e. The summed E-state index contributed by atoms with van der Waals surface area (Å²) in [6, 6.07) is 66.7. The van der Waals surface area contributed by atoms with E-state index in [2.05, 4.69) is 188 Å². The largest absolute Gasteiger partial charge is 0.311 e. The van der Waals surface area contributed by atoms with Crippen LogP contribution in [0.3, 0.4) is 0 Å². The summed E-state index contributed by atoms with van der Waals surface area (Å²) in [7, 11) is 0. The van der Waals surface area contributed by atoms with E-state index in [9.17, 15) is 5.26 Å². The lowest BCUT2D eigenvalue weighted by atomic mass is 9.91. The van der Waals surface area contributed by atoms with Crippen molar-refractivity contribution in [3.63, 3.8) is 0 Å². The van der Waals surface area contributed by atoms with Gasteiger partial charge in [0.2, 0.25) is 0 Å². The maximum atomic E-state index is 10.2. The summed E-state index contributed by atoms with van der Waals surface area (Å²) in [5.74, 6) is 0. The van der Waals surface area contributed by atoms with E-state index in [4.69, 9.17) is 6.57 Å². The molecule has 0 spiro atoms. The number of hydrogen-bond donors (Lipinski definition) is 0. The van der Waals surface area contributed by atoms with Gasteiger partial charge in [0, 0.05) is 27.8 Å². The molecule has 10 rings (SSSR count). The van der Waals surface area contributed by atoms with Gasteiger partial charge >= 0.3 is 0 Å². The molecule has 294 valence electrons. The van der Waals surface area contributed by atoms with Crippen molar-refractivity contribution in [1.82, 2.24) is 0 Å². The topological polar surface area (TPSA) is 34.6 Å². The molecule has 0 aliphatic carbocycles. The molecule has 0 amide bonds. The third-order valence-electron chi connectivity index (χ3n) is 12.4. The van der Waals surface area contributed by atoms with E-state index in [1.165, 1.54) is 10.8 Å². The highest BCUT2D eigenvalue weighted by Gasteiger charge is 2.25. The minimum atomic E-state index is 0.595. The Kier molecular flexibility index (Phi) is 9.48. The first-order chi connectivity index (χ1) is 30.3. The number of rotatable bonds is 8. The van der Waals surface area contributed by atoms with Gasteiger partial charge in [-0.2, -0.15) is 5.26 Å². The number of nitrogens with zero attached hydrogens (tertiary/aromatic N) is 4. The van der Waals surface area contributed by atoms with Crippen molar-refractivity contribution >= 4 is 72.1 Å². The van der Waals surface area contributed by atoms with Gasteiger partial charge in [-0.05, 0) is 136 Å². The Morgan fingerprint density at radius 3 is 1.29 bits per heavy atom. The van der Waals surface area contributed by atoms with Crippen LogP contribution in [0.15, 0.2) is 182 Å². The molecular weight excluding hydrogens is 753 g/mol. The zero-order valence-electron chi connectivity index (χ0n) is 35.1. The summed E-state index contributed by atoms with van der Waals surface area (Å²) < 4.78 is 0. The van der Waals surface area contributed by atoms with Crippen LogP contribution in [-0.4, -0.2) is 0 Å². The highest BCUT2D eigenvalue weighted by molar-refractivity contribution is 6.28. The lowest BCUT2D eigenvalue weighted by molar-refractivity contribution is 1.23. The Morgan fingerprint density at radius 1 is 0.403 bits per heavy atom. The van der Waals surface area contributed by atoms with Crippen molar-refractivity contribution in [1.29, 1.82) is 5.26 Å². The number of benzene rings is 10. The van der Waals surface area contributed by atoms with Crippen molar-refractivity contribution < 1.29 is 0 Å². The molecule has 62 heavy (non-hydrogen) atoms. The highest BCUT2D eigenvalue weighted by atomic mass is 15.2. The van der Waals surface area contributed by atoms with E-state index < -0.39 is 0 Å². The summed E-state index contributed by atoms with van der Waals surface area (Å²) in [6.07, 6.45) is 0. The Hall–Kier alpha value is -8.18. The van der Waals surface area contributed by atoms with Crippen LogP contribution in [0.25, 0.3) is 59.4 Å². The third-order valence-corrected chi connectivity index (χ3v) is 12.4. The Balaban J connectivity index is 1.26.